The predicted octanol–water partition coefficient (Wildman–Crippen LogP) is 12.4. The highest BCUT2D eigenvalue weighted by Crippen LogP contribution is 2.68. The Bertz CT molecular complexity index is 1140. The van der Waals surface area contributed by atoms with Gasteiger partial charge in [0, 0.05) is 12.8 Å². The molecule has 0 radical (unpaired) electrons. The molecule has 0 aliphatic heterocycles. The van der Waals surface area contributed by atoms with Gasteiger partial charge in [0.05, 0.1) is 0 Å². The number of esters is 1. The lowest BCUT2D eigenvalue weighted by atomic mass is 9.44. The van der Waals surface area contributed by atoms with E-state index in [2.05, 4.69) is 45.2 Å². The van der Waals surface area contributed by atoms with E-state index >= 15 is 0 Å². The molecule has 0 heterocycles. The molecular formula is C47H81NO5. The van der Waals surface area contributed by atoms with Crippen LogP contribution in [0, 0.1) is 46.3 Å². The molecule has 4 rings (SSSR count). The molecule has 0 aromatic rings. The molecule has 0 aromatic heterocycles. The SMILES string of the molecule is CCCCCCCCC/C=C\CCCCCCCCCC(=O)OC1CCC2(C)C(CCC3C2CCC2(C)C(C(C)CCC(=O)NCC(=O)O)CCC32)C1. The number of carboxylic acids is 1. The van der Waals surface area contributed by atoms with Gasteiger partial charge in [-0.1, -0.05) is 110 Å². The van der Waals surface area contributed by atoms with Gasteiger partial charge < -0.3 is 15.2 Å². The summed E-state index contributed by atoms with van der Waals surface area (Å²) in [4.78, 5) is 35.9. The fourth-order valence-electron chi connectivity index (χ4n) is 12.2. The maximum absolute atomic E-state index is 12.9. The molecule has 0 saturated heterocycles. The van der Waals surface area contributed by atoms with Gasteiger partial charge in [-0.2, -0.15) is 0 Å². The lowest BCUT2D eigenvalue weighted by Gasteiger charge is -2.61. The van der Waals surface area contributed by atoms with Gasteiger partial charge in [0.25, 0.3) is 0 Å². The van der Waals surface area contributed by atoms with Crippen LogP contribution in [-0.4, -0.2) is 35.6 Å². The number of carbonyl (C=O) groups excluding carboxylic acids is 2. The minimum atomic E-state index is -0.989. The van der Waals surface area contributed by atoms with Gasteiger partial charge in [0.15, 0.2) is 0 Å². The van der Waals surface area contributed by atoms with Crippen LogP contribution >= 0.6 is 0 Å². The van der Waals surface area contributed by atoms with Crippen molar-refractivity contribution >= 4 is 17.8 Å². The standard InChI is InChI=1S/C47H81NO5/c1-5-6-7-8-9-10-11-12-13-14-15-16-17-18-19-20-21-22-23-45(52)53-38-30-32-46(3)37(34-38)25-26-39-41-28-27-40(47(41,4)33-31-42(39)46)36(2)24-29-43(49)48-35-44(50)51/h13-14,36-42H,5-12,15-35H2,1-4H3,(H,48,49)(H,50,51)/b14-13-. The Kier molecular flexibility index (Phi) is 18.7. The van der Waals surface area contributed by atoms with Crippen LogP contribution in [0.4, 0.5) is 0 Å². The molecule has 1 amide bonds. The Labute approximate surface area is 325 Å². The Balaban J connectivity index is 1.06. The van der Waals surface area contributed by atoms with Gasteiger partial charge in [-0.15, -0.1) is 0 Å². The fraction of sp³-hybridized carbons (Fsp3) is 0.894. The summed E-state index contributed by atoms with van der Waals surface area (Å²) < 4.78 is 6.14. The van der Waals surface area contributed by atoms with Gasteiger partial charge in [0.1, 0.15) is 12.6 Å². The number of allylic oxidation sites excluding steroid dienone is 2. The quantitative estimate of drug-likeness (QED) is 0.0552. The lowest BCUT2D eigenvalue weighted by Crippen LogP contribution is -2.54. The van der Waals surface area contributed by atoms with Crippen LogP contribution in [0.25, 0.3) is 0 Å². The molecule has 4 saturated carbocycles. The van der Waals surface area contributed by atoms with E-state index in [4.69, 9.17) is 9.84 Å². The minimum Gasteiger partial charge on any atom is -0.480 e. The first-order valence-electron chi connectivity index (χ1n) is 22.9. The molecule has 0 bridgehead atoms. The third-order valence-electron chi connectivity index (χ3n) is 15.3. The van der Waals surface area contributed by atoms with Crippen molar-refractivity contribution < 1.29 is 24.2 Å². The van der Waals surface area contributed by atoms with E-state index in [1.54, 1.807) is 0 Å². The van der Waals surface area contributed by atoms with Crippen molar-refractivity contribution in [3.05, 3.63) is 12.2 Å². The lowest BCUT2D eigenvalue weighted by molar-refractivity contribution is -0.162. The first-order valence-corrected chi connectivity index (χ1v) is 22.9. The summed E-state index contributed by atoms with van der Waals surface area (Å²) in [6.07, 6.45) is 38.6. The molecule has 0 spiro atoms. The second-order valence-electron chi connectivity index (χ2n) is 18.9. The molecule has 304 valence electrons. The van der Waals surface area contributed by atoms with E-state index in [0.29, 0.717) is 41.4 Å². The summed E-state index contributed by atoms with van der Waals surface area (Å²) >= 11 is 0. The van der Waals surface area contributed by atoms with Crippen molar-refractivity contribution in [2.75, 3.05) is 6.54 Å². The van der Waals surface area contributed by atoms with Crippen LogP contribution in [0.15, 0.2) is 12.2 Å². The van der Waals surface area contributed by atoms with Crippen molar-refractivity contribution in [2.24, 2.45) is 46.3 Å². The smallest absolute Gasteiger partial charge is 0.322 e. The number of fused-ring (bicyclic) bond motifs is 5. The Morgan fingerprint density at radius 2 is 1.34 bits per heavy atom. The van der Waals surface area contributed by atoms with Crippen LogP contribution in [0.2, 0.25) is 0 Å². The first-order chi connectivity index (χ1) is 25.6. The normalized spacial score (nSPS) is 31.4. The molecule has 2 N–H and O–H groups in total. The number of carbonyl (C=O) groups is 3. The monoisotopic (exact) mass is 740 g/mol. The zero-order valence-electron chi connectivity index (χ0n) is 34.8. The highest BCUT2D eigenvalue weighted by atomic mass is 16.5. The maximum Gasteiger partial charge on any atom is 0.322 e. The van der Waals surface area contributed by atoms with Crippen molar-refractivity contribution in [3.63, 3.8) is 0 Å². The minimum absolute atomic E-state index is 0.0366. The second-order valence-corrected chi connectivity index (χ2v) is 18.9. The summed E-state index contributed by atoms with van der Waals surface area (Å²) in [5.74, 6) is 3.04. The number of amides is 1. The van der Waals surface area contributed by atoms with E-state index in [-0.39, 0.29) is 24.5 Å². The number of hydrogen-bond acceptors (Lipinski definition) is 4. The fourth-order valence-corrected chi connectivity index (χ4v) is 12.2. The first kappa shape index (κ1) is 43.9. The Hall–Kier alpha value is -1.85. The van der Waals surface area contributed by atoms with Crippen molar-refractivity contribution in [1.82, 2.24) is 5.32 Å². The third kappa shape index (κ3) is 13.1. The van der Waals surface area contributed by atoms with Gasteiger partial charge in [-0.25, -0.2) is 0 Å². The highest BCUT2D eigenvalue weighted by molar-refractivity contribution is 5.81. The highest BCUT2D eigenvalue weighted by Gasteiger charge is 2.60. The van der Waals surface area contributed by atoms with Crippen LogP contribution in [-0.2, 0) is 19.1 Å². The van der Waals surface area contributed by atoms with Gasteiger partial charge in [0.2, 0.25) is 5.91 Å². The zero-order valence-corrected chi connectivity index (χ0v) is 34.8. The number of rotatable bonds is 25. The molecule has 4 aliphatic rings. The topological polar surface area (TPSA) is 92.7 Å². The number of carboxylic acid groups (broad SMARTS) is 1. The molecule has 4 aliphatic carbocycles. The van der Waals surface area contributed by atoms with E-state index in [9.17, 15) is 14.4 Å². The zero-order chi connectivity index (χ0) is 38.1. The van der Waals surface area contributed by atoms with E-state index in [1.165, 1.54) is 135 Å². The van der Waals surface area contributed by atoms with E-state index < -0.39 is 5.97 Å². The predicted molar refractivity (Wildman–Crippen MR) is 217 cm³/mol. The van der Waals surface area contributed by atoms with Crippen LogP contribution < -0.4 is 5.32 Å². The summed E-state index contributed by atoms with van der Waals surface area (Å²) in [5, 5.41) is 11.4. The summed E-state index contributed by atoms with van der Waals surface area (Å²) in [5.41, 5.74) is 0.709. The summed E-state index contributed by atoms with van der Waals surface area (Å²) in [6, 6.07) is 0. The molecule has 9 atom stereocenters. The number of ether oxygens (including phenoxy) is 1. The molecule has 53 heavy (non-hydrogen) atoms. The number of nitrogens with one attached hydrogen (secondary N) is 1. The second kappa shape index (κ2) is 22.6. The van der Waals surface area contributed by atoms with Crippen molar-refractivity contribution in [2.45, 2.75) is 214 Å². The molecular weight excluding hydrogens is 659 g/mol. The average molecular weight is 740 g/mol. The van der Waals surface area contributed by atoms with Gasteiger partial charge >= 0.3 is 11.9 Å². The van der Waals surface area contributed by atoms with Gasteiger partial charge in [-0.05, 0) is 143 Å². The number of aliphatic carboxylic acids is 1. The summed E-state index contributed by atoms with van der Waals surface area (Å²) in [6.45, 7) is 9.48. The largest absolute Gasteiger partial charge is 0.480 e. The Morgan fingerprint density at radius 1 is 0.736 bits per heavy atom. The van der Waals surface area contributed by atoms with Crippen molar-refractivity contribution in [1.29, 1.82) is 0 Å². The van der Waals surface area contributed by atoms with Gasteiger partial charge in [-0.3, -0.25) is 14.4 Å². The summed E-state index contributed by atoms with van der Waals surface area (Å²) in [7, 11) is 0. The average Bonchev–Trinajstić information content (AvgIpc) is 3.50. The van der Waals surface area contributed by atoms with Crippen LogP contribution in [0.3, 0.4) is 0 Å². The van der Waals surface area contributed by atoms with E-state index in [0.717, 1.165) is 49.9 Å². The van der Waals surface area contributed by atoms with E-state index in [1.807, 2.05) is 0 Å². The number of hydrogen-bond donors (Lipinski definition) is 2. The third-order valence-corrected chi connectivity index (χ3v) is 15.3. The molecule has 4 fully saturated rings. The maximum atomic E-state index is 12.9. The van der Waals surface area contributed by atoms with Crippen LogP contribution in [0.1, 0.15) is 207 Å². The molecule has 9 unspecified atom stereocenters. The number of unbranched alkanes of at least 4 members (excludes halogenated alkanes) is 14. The molecule has 6 heteroatoms. The van der Waals surface area contributed by atoms with Crippen molar-refractivity contribution in [3.8, 4) is 0 Å². The van der Waals surface area contributed by atoms with Crippen LogP contribution in [0.5, 0.6) is 0 Å². The molecule has 6 nitrogen and oxygen atoms in total. The Morgan fingerprint density at radius 3 is 2.00 bits per heavy atom. The molecule has 0 aromatic carbocycles.